The molecule has 1 aromatic carbocycles. The Balaban J connectivity index is 2.01. The summed E-state index contributed by atoms with van der Waals surface area (Å²) in [5.41, 5.74) is 2.26. The average molecular weight is 333 g/mol. The Labute approximate surface area is 145 Å². The lowest BCUT2D eigenvalue weighted by molar-refractivity contribution is -0.139. The molecule has 1 aromatic rings. The Kier molecular flexibility index (Phi) is 6.27. The summed E-state index contributed by atoms with van der Waals surface area (Å²) in [4.78, 5) is 14.6. The van der Waals surface area contributed by atoms with Gasteiger partial charge in [-0.2, -0.15) is 0 Å². The second-order valence-electron chi connectivity index (χ2n) is 7.36. The SMILES string of the molecule is Cc1ccc(C(C)C)c(OC(C)C(=O)N2CCC(C(C)O)CC2)c1. The first-order valence-electron chi connectivity index (χ1n) is 9.03. The number of aryl methyl sites for hydroxylation is 1. The number of hydrogen-bond donors (Lipinski definition) is 1. The van der Waals surface area contributed by atoms with Crippen molar-refractivity contribution in [2.45, 2.75) is 65.6 Å². The predicted octanol–water partition coefficient (Wildman–Crippen LogP) is 3.51. The summed E-state index contributed by atoms with van der Waals surface area (Å²) in [5, 5.41) is 9.69. The van der Waals surface area contributed by atoms with Crippen LogP contribution >= 0.6 is 0 Å². The molecule has 1 heterocycles. The van der Waals surface area contributed by atoms with E-state index in [2.05, 4.69) is 26.0 Å². The van der Waals surface area contributed by atoms with Crippen molar-refractivity contribution in [3.8, 4) is 5.75 Å². The van der Waals surface area contributed by atoms with Crippen LogP contribution in [-0.2, 0) is 4.79 Å². The fourth-order valence-corrected chi connectivity index (χ4v) is 3.32. The van der Waals surface area contributed by atoms with Crippen LogP contribution in [0.25, 0.3) is 0 Å². The number of aliphatic hydroxyl groups is 1. The molecule has 0 saturated carbocycles. The summed E-state index contributed by atoms with van der Waals surface area (Å²) in [5.74, 6) is 1.50. The molecule has 24 heavy (non-hydrogen) atoms. The van der Waals surface area contributed by atoms with Gasteiger partial charge in [0.25, 0.3) is 5.91 Å². The highest BCUT2D eigenvalue weighted by atomic mass is 16.5. The van der Waals surface area contributed by atoms with Crippen molar-refractivity contribution in [3.05, 3.63) is 29.3 Å². The maximum atomic E-state index is 12.7. The molecule has 2 atom stereocenters. The number of benzene rings is 1. The number of amides is 1. The zero-order valence-electron chi connectivity index (χ0n) is 15.6. The van der Waals surface area contributed by atoms with Gasteiger partial charge in [-0.1, -0.05) is 26.0 Å². The molecule has 1 fully saturated rings. The van der Waals surface area contributed by atoms with E-state index in [1.807, 2.05) is 31.7 Å². The second-order valence-corrected chi connectivity index (χ2v) is 7.36. The van der Waals surface area contributed by atoms with Crippen molar-refractivity contribution >= 4 is 5.91 Å². The first kappa shape index (κ1) is 18.8. The van der Waals surface area contributed by atoms with Crippen LogP contribution in [0.2, 0.25) is 0 Å². The molecule has 1 amide bonds. The average Bonchev–Trinajstić information content (AvgIpc) is 2.54. The van der Waals surface area contributed by atoms with Crippen LogP contribution in [0.1, 0.15) is 57.6 Å². The van der Waals surface area contributed by atoms with E-state index >= 15 is 0 Å². The van der Waals surface area contributed by atoms with E-state index in [1.165, 1.54) is 0 Å². The van der Waals surface area contributed by atoms with E-state index in [1.54, 1.807) is 0 Å². The number of likely N-dealkylation sites (tertiary alicyclic amines) is 1. The molecular formula is C20H31NO3. The van der Waals surface area contributed by atoms with Crippen molar-refractivity contribution in [2.75, 3.05) is 13.1 Å². The zero-order valence-corrected chi connectivity index (χ0v) is 15.6. The summed E-state index contributed by atoms with van der Waals surface area (Å²) in [6.07, 6.45) is 0.930. The summed E-state index contributed by atoms with van der Waals surface area (Å²) in [6, 6.07) is 6.18. The lowest BCUT2D eigenvalue weighted by Gasteiger charge is -2.34. The molecular weight excluding hydrogens is 302 g/mol. The number of carbonyl (C=O) groups excluding carboxylic acids is 1. The Morgan fingerprint density at radius 1 is 1.21 bits per heavy atom. The molecule has 0 radical (unpaired) electrons. The molecule has 0 aliphatic carbocycles. The fraction of sp³-hybridized carbons (Fsp3) is 0.650. The molecule has 2 rings (SSSR count). The van der Waals surface area contributed by atoms with Gasteiger partial charge < -0.3 is 14.7 Å². The Morgan fingerprint density at radius 2 is 1.83 bits per heavy atom. The molecule has 4 heteroatoms. The minimum Gasteiger partial charge on any atom is -0.481 e. The lowest BCUT2D eigenvalue weighted by atomic mass is 9.92. The van der Waals surface area contributed by atoms with Gasteiger partial charge in [-0.3, -0.25) is 4.79 Å². The quantitative estimate of drug-likeness (QED) is 0.897. The number of piperidine rings is 1. The molecule has 0 spiro atoms. The standard InChI is InChI=1S/C20H31NO3/c1-13(2)18-7-6-14(3)12-19(18)24-16(5)20(23)21-10-8-17(9-11-21)15(4)22/h6-7,12-13,15-17,22H,8-11H2,1-5H3. The topological polar surface area (TPSA) is 49.8 Å². The second kappa shape index (κ2) is 8.02. The van der Waals surface area contributed by atoms with Gasteiger partial charge in [0.05, 0.1) is 6.10 Å². The highest BCUT2D eigenvalue weighted by Gasteiger charge is 2.29. The number of nitrogens with zero attached hydrogens (tertiary/aromatic N) is 1. The van der Waals surface area contributed by atoms with Crippen molar-refractivity contribution in [3.63, 3.8) is 0 Å². The number of rotatable bonds is 5. The molecule has 2 unspecified atom stereocenters. The minimum absolute atomic E-state index is 0.0373. The van der Waals surface area contributed by atoms with Gasteiger partial charge in [0.2, 0.25) is 0 Å². The fourth-order valence-electron chi connectivity index (χ4n) is 3.32. The molecule has 4 nitrogen and oxygen atoms in total. The van der Waals surface area contributed by atoms with Gasteiger partial charge in [-0.15, -0.1) is 0 Å². The van der Waals surface area contributed by atoms with Crippen LogP contribution in [0.3, 0.4) is 0 Å². The smallest absolute Gasteiger partial charge is 0.263 e. The summed E-state index contributed by atoms with van der Waals surface area (Å²) in [6.45, 7) is 11.4. The number of carbonyl (C=O) groups is 1. The van der Waals surface area contributed by atoms with E-state index in [-0.39, 0.29) is 12.0 Å². The van der Waals surface area contributed by atoms with Crippen LogP contribution in [0.5, 0.6) is 5.75 Å². The first-order valence-corrected chi connectivity index (χ1v) is 9.03. The normalized spacial score (nSPS) is 18.5. The van der Waals surface area contributed by atoms with Gasteiger partial charge in [-0.05, 0) is 62.6 Å². The third-order valence-electron chi connectivity index (χ3n) is 4.98. The number of hydrogen-bond acceptors (Lipinski definition) is 3. The van der Waals surface area contributed by atoms with E-state index < -0.39 is 6.10 Å². The van der Waals surface area contributed by atoms with Gasteiger partial charge in [0, 0.05) is 13.1 Å². The van der Waals surface area contributed by atoms with Gasteiger partial charge in [0.15, 0.2) is 6.10 Å². The van der Waals surface area contributed by atoms with Crippen molar-refractivity contribution in [1.29, 1.82) is 0 Å². The Bertz CT molecular complexity index is 560. The van der Waals surface area contributed by atoms with Crippen molar-refractivity contribution in [2.24, 2.45) is 5.92 Å². The van der Waals surface area contributed by atoms with Gasteiger partial charge in [0.1, 0.15) is 5.75 Å². The monoisotopic (exact) mass is 333 g/mol. The Morgan fingerprint density at radius 3 is 2.38 bits per heavy atom. The van der Waals surface area contributed by atoms with Crippen molar-refractivity contribution in [1.82, 2.24) is 4.90 Å². The summed E-state index contributed by atoms with van der Waals surface area (Å²) < 4.78 is 6.04. The first-order chi connectivity index (χ1) is 11.3. The van der Waals surface area contributed by atoms with E-state index in [0.717, 1.165) is 29.7 Å². The molecule has 1 aliphatic heterocycles. The van der Waals surface area contributed by atoms with Crippen LogP contribution in [-0.4, -0.2) is 41.2 Å². The maximum absolute atomic E-state index is 12.7. The molecule has 1 saturated heterocycles. The highest BCUT2D eigenvalue weighted by Crippen LogP contribution is 2.29. The van der Waals surface area contributed by atoms with Crippen LogP contribution in [0.4, 0.5) is 0 Å². The third kappa shape index (κ3) is 4.50. The Hall–Kier alpha value is -1.55. The summed E-state index contributed by atoms with van der Waals surface area (Å²) >= 11 is 0. The van der Waals surface area contributed by atoms with Crippen LogP contribution in [0.15, 0.2) is 18.2 Å². The van der Waals surface area contributed by atoms with Crippen LogP contribution < -0.4 is 4.74 Å². The van der Waals surface area contributed by atoms with E-state index in [9.17, 15) is 9.90 Å². The predicted molar refractivity (Wildman–Crippen MR) is 96.3 cm³/mol. The minimum atomic E-state index is -0.493. The maximum Gasteiger partial charge on any atom is 0.263 e. The van der Waals surface area contributed by atoms with Gasteiger partial charge in [-0.25, -0.2) is 0 Å². The molecule has 1 aliphatic rings. The third-order valence-corrected chi connectivity index (χ3v) is 4.98. The largest absolute Gasteiger partial charge is 0.481 e. The molecule has 0 bridgehead atoms. The van der Waals surface area contributed by atoms with Crippen molar-refractivity contribution < 1.29 is 14.6 Å². The number of aliphatic hydroxyl groups excluding tert-OH is 1. The van der Waals surface area contributed by atoms with E-state index in [4.69, 9.17) is 4.74 Å². The number of ether oxygens (including phenoxy) is 1. The van der Waals surface area contributed by atoms with Gasteiger partial charge >= 0.3 is 0 Å². The lowest BCUT2D eigenvalue weighted by Crippen LogP contribution is -2.46. The molecule has 134 valence electrons. The van der Waals surface area contributed by atoms with E-state index in [0.29, 0.717) is 24.9 Å². The zero-order chi connectivity index (χ0) is 17.9. The molecule has 1 N–H and O–H groups in total. The van der Waals surface area contributed by atoms with Crippen LogP contribution in [0, 0.1) is 12.8 Å². The highest BCUT2D eigenvalue weighted by molar-refractivity contribution is 5.81. The molecule has 0 aromatic heterocycles. The summed E-state index contributed by atoms with van der Waals surface area (Å²) in [7, 11) is 0.